The molecule has 0 aromatic heterocycles. The highest BCUT2D eigenvalue weighted by Crippen LogP contribution is 2.28. The van der Waals surface area contributed by atoms with Crippen LogP contribution < -0.4 is 5.32 Å². The van der Waals surface area contributed by atoms with Gasteiger partial charge in [-0.05, 0) is 32.2 Å². The Balaban J connectivity index is 2.42. The first-order valence-electron chi connectivity index (χ1n) is 6.29. The maximum atomic E-state index is 11.7. The Morgan fingerprint density at radius 3 is 2.28 bits per heavy atom. The van der Waals surface area contributed by atoms with Crippen LogP contribution in [0.4, 0.5) is 0 Å². The summed E-state index contributed by atoms with van der Waals surface area (Å²) in [4.78, 5) is 0. The van der Waals surface area contributed by atoms with Crippen LogP contribution in [0.1, 0.15) is 25.7 Å². The number of hydrogen-bond donors (Lipinski definition) is 1. The van der Waals surface area contributed by atoms with Crippen molar-refractivity contribution >= 4 is 19.7 Å². The monoisotopic (exact) mass is 297 g/mol. The van der Waals surface area contributed by atoms with Crippen LogP contribution >= 0.6 is 0 Å². The molecule has 7 heteroatoms. The Bertz CT molecular complexity index is 455. The second kappa shape index (κ2) is 6.34. The molecule has 1 saturated carbocycles. The van der Waals surface area contributed by atoms with Crippen molar-refractivity contribution in [2.75, 3.05) is 30.6 Å². The third-order valence-corrected chi connectivity index (χ3v) is 6.48. The molecule has 0 heterocycles. The van der Waals surface area contributed by atoms with E-state index in [2.05, 4.69) is 5.32 Å². The highest BCUT2D eigenvalue weighted by atomic mass is 32.2. The van der Waals surface area contributed by atoms with Crippen LogP contribution in [0.25, 0.3) is 0 Å². The van der Waals surface area contributed by atoms with Crippen molar-refractivity contribution in [2.45, 2.75) is 31.7 Å². The number of hydrogen-bond acceptors (Lipinski definition) is 5. The molecule has 0 amide bonds. The summed E-state index contributed by atoms with van der Waals surface area (Å²) in [5.41, 5.74) is 0. The SMILES string of the molecule is CNC1CCCC1CCS(=O)(=O)CCS(C)(=O)=O. The number of sulfone groups is 2. The number of rotatable bonds is 7. The van der Waals surface area contributed by atoms with Gasteiger partial charge in [0.2, 0.25) is 0 Å². The second-order valence-electron chi connectivity index (χ2n) is 5.16. The van der Waals surface area contributed by atoms with Crippen molar-refractivity contribution in [3.05, 3.63) is 0 Å². The highest BCUT2D eigenvalue weighted by molar-refractivity contribution is 7.94. The lowest BCUT2D eigenvalue weighted by Gasteiger charge is -2.18. The van der Waals surface area contributed by atoms with Gasteiger partial charge in [-0.3, -0.25) is 0 Å². The summed E-state index contributed by atoms with van der Waals surface area (Å²) < 4.78 is 45.4. The Labute approximate surface area is 110 Å². The summed E-state index contributed by atoms with van der Waals surface area (Å²) in [7, 11) is -4.54. The molecule has 2 unspecified atom stereocenters. The summed E-state index contributed by atoms with van der Waals surface area (Å²) in [5.74, 6) is -0.00754. The van der Waals surface area contributed by atoms with Crippen molar-refractivity contribution in [1.82, 2.24) is 5.32 Å². The largest absolute Gasteiger partial charge is 0.317 e. The minimum absolute atomic E-state index is 0.103. The molecule has 0 spiro atoms. The fourth-order valence-electron chi connectivity index (χ4n) is 2.47. The van der Waals surface area contributed by atoms with Crippen LogP contribution in [0.2, 0.25) is 0 Å². The molecular weight excluding hydrogens is 274 g/mol. The molecule has 1 rings (SSSR count). The van der Waals surface area contributed by atoms with E-state index >= 15 is 0 Å². The Hall–Kier alpha value is -0.140. The Kier molecular flexibility index (Phi) is 5.61. The molecular formula is C11H23NO4S2. The van der Waals surface area contributed by atoms with Gasteiger partial charge >= 0.3 is 0 Å². The van der Waals surface area contributed by atoms with Crippen molar-refractivity contribution in [1.29, 1.82) is 0 Å². The molecule has 5 nitrogen and oxygen atoms in total. The average Bonchev–Trinajstić information content (AvgIpc) is 2.70. The predicted octanol–water partition coefficient (Wildman–Crippen LogP) is 0.224. The lowest BCUT2D eigenvalue weighted by molar-refractivity contribution is 0.414. The van der Waals surface area contributed by atoms with Gasteiger partial charge in [0.1, 0.15) is 9.84 Å². The molecule has 18 heavy (non-hydrogen) atoms. The van der Waals surface area contributed by atoms with Crippen LogP contribution in [-0.4, -0.2) is 53.4 Å². The van der Waals surface area contributed by atoms with Gasteiger partial charge in [-0.25, -0.2) is 16.8 Å². The van der Waals surface area contributed by atoms with E-state index in [0.717, 1.165) is 25.5 Å². The van der Waals surface area contributed by atoms with E-state index in [-0.39, 0.29) is 17.3 Å². The minimum atomic E-state index is -3.24. The lowest BCUT2D eigenvalue weighted by Crippen LogP contribution is -2.30. The quantitative estimate of drug-likeness (QED) is 0.727. The van der Waals surface area contributed by atoms with Gasteiger partial charge in [0, 0.05) is 12.3 Å². The molecule has 0 aromatic carbocycles. The number of nitrogens with one attached hydrogen (secondary N) is 1. The molecule has 0 radical (unpaired) electrons. The zero-order valence-electron chi connectivity index (χ0n) is 11.1. The molecule has 2 atom stereocenters. The standard InChI is InChI=1S/C11H23NO4S2/c1-12-11-5-3-4-10(11)6-7-18(15,16)9-8-17(2,13)14/h10-12H,3-9H2,1-2H3. The molecule has 108 valence electrons. The van der Waals surface area contributed by atoms with E-state index < -0.39 is 19.7 Å². The summed E-state index contributed by atoms with van der Waals surface area (Å²) in [6, 6.07) is 0.412. The van der Waals surface area contributed by atoms with Crippen molar-refractivity contribution in [3.63, 3.8) is 0 Å². The summed E-state index contributed by atoms with van der Waals surface area (Å²) in [6.45, 7) is 0. The molecule has 0 bridgehead atoms. The van der Waals surface area contributed by atoms with Crippen LogP contribution in [0.5, 0.6) is 0 Å². The van der Waals surface area contributed by atoms with E-state index in [1.54, 1.807) is 0 Å². The van der Waals surface area contributed by atoms with Crippen LogP contribution in [0.3, 0.4) is 0 Å². The van der Waals surface area contributed by atoms with E-state index in [1.807, 2.05) is 7.05 Å². The molecule has 0 aliphatic heterocycles. The van der Waals surface area contributed by atoms with Crippen molar-refractivity contribution < 1.29 is 16.8 Å². The van der Waals surface area contributed by atoms with Gasteiger partial charge in [-0.15, -0.1) is 0 Å². The highest BCUT2D eigenvalue weighted by Gasteiger charge is 2.27. The first kappa shape index (κ1) is 15.9. The second-order valence-corrected chi connectivity index (χ2v) is 9.72. The van der Waals surface area contributed by atoms with E-state index in [4.69, 9.17) is 0 Å². The van der Waals surface area contributed by atoms with E-state index in [0.29, 0.717) is 18.4 Å². The fraction of sp³-hybridized carbons (Fsp3) is 1.00. The van der Waals surface area contributed by atoms with Crippen molar-refractivity contribution in [2.24, 2.45) is 5.92 Å². The van der Waals surface area contributed by atoms with Gasteiger partial charge < -0.3 is 5.32 Å². The fourth-order valence-corrected chi connectivity index (χ4v) is 5.57. The lowest BCUT2D eigenvalue weighted by atomic mass is 10.0. The summed E-state index contributed by atoms with van der Waals surface area (Å²) >= 11 is 0. The van der Waals surface area contributed by atoms with Gasteiger partial charge in [-0.2, -0.15) is 0 Å². The normalized spacial score (nSPS) is 25.4. The van der Waals surface area contributed by atoms with Gasteiger partial charge in [0.05, 0.1) is 17.3 Å². The Morgan fingerprint density at radius 2 is 1.72 bits per heavy atom. The minimum Gasteiger partial charge on any atom is -0.317 e. The smallest absolute Gasteiger partial charge is 0.151 e. The average molecular weight is 297 g/mol. The van der Waals surface area contributed by atoms with E-state index in [9.17, 15) is 16.8 Å². The molecule has 0 saturated heterocycles. The first-order valence-corrected chi connectivity index (χ1v) is 10.2. The van der Waals surface area contributed by atoms with Crippen LogP contribution in [0, 0.1) is 5.92 Å². The molecule has 1 aliphatic carbocycles. The third kappa shape index (κ3) is 5.67. The molecule has 1 fully saturated rings. The first-order chi connectivity index (χ1) is 8.23. The zero-order valence-corrected chi connectivity index (χ0v) is 12.7. The van der Waals surface area contributed by atoms with Crippen LogP contribution in [-0.2, 0) is 19.7 Å². The topological polar surface area (TPSA) is 80.3 Å². The maximum absolute atomic E-state index is 11.7. The van der Waals surface area contributed by atoms with Gasteiger partial charge in [0.25, 0.3) is 0 Å². The molecule has 1 aliphatic rings. The molecule has 0 aromatic rings. The van der Waals surface area contributed by atoms with E-state index in [1.165, 1.54) is 0 Å². The van der Waals surface area contributed by atoms with Crippen molar-refractivity contribution in [3.8, 4) is 0 Å². The van der Waals surface area contributed by atoms with Gasteiger partial charge in [0.15, 0.2) is 9.84 Å². The summed E-state index contributed by atoms with van der Waals surface area (Å²) in [6.07, 6.45) is 5.01. The predicted molar refractivity (Wildman–Crippen MR) is 73.2 cm³/mol. The maximum Gasteiger partial charge on any atom is 0.151 e. The third-order valence-electron chi connectivity index (χ3n) is 3.59. The van der Waals surface area contributed by atoms with Crippen LogP contribution in [0.15, 0.2) is 0 Å². The summed E-state index contributed by atoms with van der Waals surface area (Å²) in [5, 5.41) is 3.22. The Morgan fingerprint density at radius 1 is 1.06 bits per heavy atom. The zero-order chi connectivity index (χ0) is 13.8. The molecule has 1 N–H and O–H groups in total. The van der Waals surface area contributed by atoms with Gasteiger partial charge in [-0.1, -0.05) is 6.42 Å².